The summed E-state index contributed by atoms with van der Waals surface area (Å²) in [5, 5.41) is 14.1. The number of rotatable bonds is 7. The second-order valence-corrected chi connectivity index (χ2v) is 7.81. The van der Waals surface area contributed by atoms with Crippen molar-refractivity contribution in [1.29, 1.82) is 5.26 Å². The summed E-state index contributed by atoms with van der Waals surface area (Å²) in [6.45, 7) is 7.97. The van der Waals surface area contributed by atoms with E-state index < -0.39 is 0 Å². The van der Waals surface area contributed by atoms with Crippen LogP contribution in [-0.4, -0.2) is 54.8 Å². The second-order valence-electron chi connectivity index (χ2n) is 7.81. The van der Waals surface area contributed by atoms with Crippen molar-refractivity contribution >= 4 is 11.9 Å². The Morgan fingerprint density at radius 3 is 3.00 bits per heavy atom. The summed E-state index contributed by atoms with van der Waals surface area (Å²) < 4.78 is 0. The van der Waals surface area contributed by atoms with Crippen LogP contribution in [0.15, 0.2) is 52.7 Å². The van der Waals surface area contributed by atoms with Crippen LogP contribution in [0.4, 0.5) is 5.69 Å². The summed E-state index contributed by atoms with van der Waals surface area (Å²) in [5.41, 5.74) is 9.70. The summed E-state index contributed by atoms with van der Waals surface area (Å²) in [7, 11) is 0. The van der Waals surface area contributed by atoms with E-state index in [1.165, 1.54) is 0 Å². The van der Waals surface area contributed by atoms with Crippen LogP contribution < -0.4 is 21.9 Å². The number of nitrogens with zero attached hydrogens (tertiary/aromatic N) is 5. The Morgan fingerprint density at radius 2 is 2.27 bits per heavy atom. The monoisotopic (exact) mass is 408 g/mol. The molecule has 0 saturated carbocycles. The highest BCUT2D eigenvalue weighted by Crippen LogP contribution is 2.22. The van der Waals surface area contributed by atoms with Gasteiger partial charge in [0.2, 0.25) is 0 Å². The third-order valence-corrected chi connectivity index (χ3v) is 5.44. The fourth-order valence-corrected chi connectivity index (χ4v) is 3.97. The van der Waals surface area contributed by atoms with E-state index in [1.54, 1.807) is 11.2 Å². The predicted molar refractivity (Wildman–Crippen MR) is 121 cm³/mol. The lowest BCUT2D eigenvalue weighted by molar-refractivity contribution is 0.0948. The fraction of sp³-hybridized carbons (Fsp3) is 0.455. The molecule has 2 aliphatic heterocycles. The Kier molecular flexibility index (Phi) is 7.33. The van der Waals surface area contributed by atoms with Gasteiger partial charge in [-0.25, -0.2) is 10.8 Å². The molecule has 1 unspecified atom stereocenters. The van der Waals surface area contributed by atoms with Crippen molar-refractivity contribution in [2.45, 2.75) is 32.7 Å². The molecule has 1 fully saturated rings. The number of hydrazine groups is 1. The van der Waals surface area contributed by atoms with E-state index in [0.717, 1.165) is 55.2 Å². The highest BCUT2D eigenvalue weighted by molar-refractivity contribution is 5.64. The van der Waals surface area contributed by atoms with Crippen molar-refractivity contribution in [3.8, 4) is 6.07 Å². The van der Waals surface area contributed by atoms with E-state index in [9.17, 15) is 5.26 Å². The molecule has 8 nitrogen and oxygen atoms in total. The van der Waals surface area contributed by atoms with Crippen molar-refractivity contribution in [3.63, 3.8) is 0 Å². The third kappa shape index (κ3) is 5.32. The minimum Gasteiger partial charge on any atom is -0.400 e. The van der Waals surface area contributed by atoms with Gasteiger partial charge in [0, 0.05) is 50.3 Å². The zero-order valence-corrected chi connectivity index (χ0v) is 17.9. The van der Waals surface area contributed by atoms with Crippen molar-refractivity contribution in [3.05, 3.63) is 53.2 Å². The van der Waals surface area contributed by atoms with Gasteiger partial charge in [-0.2, -0.15) is 5.26 Å². The second kappa shape index (κ2) is 10.1. The van der Waals surface area contributed by atoms with Crippen LogP contribution >= 0.6 is 0 Å². The number of nitrogens with one attached hydrogen (secondary N) is 1. The predicted octanol–water partition coefficient (Wildman–Crippen LogP) is 1.63. The molecule has 0 spiro atoms. The zero-order chi connectivity index (χ0) is 21.5. The molecule has 8 heteroatoms. The lowest BCUT2D eigenvalue weighted by Crippen LogP contribution is -2.54. The molecule has 3 rings (SSSR count). The fourth-order valence-electron chi connectivity index (χ4n) is 3.97. The van der Waals surface area contributed by atoms with Crippen LogP contribution in [-0.2, 0) is 0 Å². The minimum atomic E-state index is 0.338. The van der Waals surface area contributed by atoms with Crippen LogP contribution in [0, 0.1) is 18.3 Å². The molecule has 1 aromatic carbocycles. The molecule has 2 aliphatic rings. The maximum Gasteiger partial charge on any atom is 0.162 e. The van der Waals surface area contributed by atoms with Gasteiger partial charge in [-0.15, -0.1) is 0 Å². The van der Waals surface area contributed by atoms with E-state index in [0.29, 0.717) is 24.8 Å². The van der Waals surface area contributed by atoms with E-state index >= 15 is 0 Å². The van der Waals surface area contributed by atoms with Crippen molar-refractivity contribution < 1.29 is 0 Å². The molecule has 5 N–H and O–H groups in total. The first-order valence-electron chi connectivity index (χ1n) is 10.5. The van der Waals surface area contributed by atoms with Gasteiger partial charge >= 0.3 is 0 Å². The molecule has 1 atom stereocenters. The van der Waals surface area contributed by atoms with E-state index in [-0.39, 0.29) is 0 Å². The summed E-state index contributed by atoms with van der Waals surface area (Å²) in [6.07, 6.45) is 5.76. The SMILES string of the molecule is CCCC1CN(C2=C(C#N)NCC=N2)CCN1C/C(N)=C/N(N)c1cccc(C)c1. The Bertz CT molecular complexity index is 866. The topological polar surface area (TPSA) is 110 Å². The lowest BCUT2D eigenvalue weighted by atomic mass is 10.1. The summed E-state index contributed by atoms with van der Waals surface area (Å²) in [6, 6.07) is 10.6. The molecule has 160 valence electrons. The van der Waals surface area contributed by atoms with Gasteiger partial charge in [0.15, 0.2) is 11.5 Å². The van der Waals surface area contributed by atoms with Crippen LogP contribution in [0.5, 0.6) is 0 Å². The third-order valence-electron chi connectivity index (χ3n) is 5.44. The maximum atomic E-state index is 9.41. The highest BCUT2D eigenvalue weighted by atomic mass is 15.4. The van der Waals surface area contributed by atoms with Gasteiger partial charge in [0.25, 0.3) is 0 Å². The largest absolute Gasteiger partial charge is 0.400 e. The number of allylic oxidation sites excluding steroid dienone is 1. The molecule has 2 heterocycles. The number of aryl methyl sites for hydroxylation is 1. The van der Waals surface area contributed by atoms with E-state index in [2.05, 4.69) is 33.1 Å². The van der Waals surface area contributed by atoms with Gasteiger partial charge < -0.3 is 16.0 Å². The van der Waals surface area contributed by atoms with Gasteiger partial charge in [-0.3, -0.25) is 9.91 Å². The highest BCUT2D eigenvalue weighted by Gasteiger charge is 2.29. The van der Waals surface area contributed by atoms with Gasteiger partial charge in [-0.1, -0.05) is 25.5 Å². The van der Waals surface area contributed by atoms with Gasteiger partial charge in [0.05, 0.1) is 12.2 Å². The molecular formula is C22H32N8. The summed E-state index contributed by atoms with van der Waals surface area (Å²) in [4.78, 5) is 9.10. The molecule has 30 heavy (non-hydrogen) atoms. The average Bonchev–Trinajstić information content (AvgIpc) is 2.75. The quantitative estimate of drug-likeness (QED) is 0.464. The number of nitriles is 1. The average molecular weight is 409 g/mol. The Morgan fingerprint density at radius 1 is 1.43 bits per heavy atom. The first-order chi connectivity index (χ1) is 14.5. The van der Waals surface area contributed by atoms with Crippen LogP contribution in [0.2, 0.25) is 0 Å². The van der Waals surface area contributed by atoms with Crippen LogP contribution in [0.3, 0.4) is 0 Å². The Balaban J connectivity index is 1.68. The van der Waals surface area contributed by atoms with Crippen molar-refractivity contribution in [2.75, 3.05) is 37.7 Å². The number of aliphatic imine (C=N–C) groups is 1. The lowest BCUT2D eigenvalue weighted by Gasteiger charge is -2.43. The molecular weight excluding hydrogens is 376 g/mol. The number of nitrogens with two attached hydrogens (primary N) is 2. The molecule has 0 bridgehead atoms. The first kappa shape index (κ1) is 21.7. The van der Waals surface area contributed by atoms with Crippen molar-refractivity contribution in [1.82, 2.24) is 15.1 Å². The maximum absolute atomic E-state index is 9.41. The first-order valence-corrected chi connectivity index (χ1v) is 10.5. The zero-order valence-electron chi connectivity index (χ0n) is 17.9. The smallest absolute Gasteiger partial charge is 0.162 e. The molecule has 1 aromatic rings. The van der Waals surface area contributed by atoms with Gasteiger partial charge in [-0.05, 0) is 31.0 Å². The molecule has 1 saturated heterocycles. The number of hydrogen-bond donors (Lipinski definition) is 3. The molecule has 0 amide bonds. The van der Waals surface area contributed by atoms with E-state index in [4.69, 9.17) is 11.6 Å². The number of hydrogen-bond acceptors (Lipinski definition) is 8. The number of anilines is 1. The summed E-state index contributed by atoms with van der Waals surface area (Å²) >= 11 is 0. The number of piperazine rings is 1. The standard InChI is InChI=1S/C22H32N8/c1-3-5-20-16-29(22-21(13-23)26-8-9-27-22)11-10-28(20)14-18(24)15-30(25)19-7-4-6-17(2)12-19/h4,6-7,9,12,15,20,26H,3,5,8,10-11,14,16,24-25H2,1-2H3/b18-15-. The summed E-state index contributed by atoms with van der Waals surface area (Å²) in [5.74, 6) is 6.95. The minimum absolute atomic E-state index is 0.338. The van der Waals surface area contributed by atoms with Crippen LogP contribution in [0.1, 0.15) is 25.3 Å². The molecule has 0 aromatic heterocycles. The van der Waals surface area contributed by atoms with Crippen LogP contribution in [0.25, 0.3) is 0 Å². The Labute approximate surface area is 179 Å². The van der Waals surface area contributed by atoms with Gasteiger partial charge in [0.1, 0.15) is 6.07 Å². The Hall–Kier alpha value is -3.02. The molecule has 0 aliphatic carbocycles. The number of benzene rings is 1. The normalized spacial score (nSPS) is 20.1. The molecule has 0 radical (unpaired) electrons. The van der Waals surface area contributed by atoms with Crippen molar-refractivity contribution in [2.24, 2.45) is 16.6 Å². The van der Waals surface area contributed by atoms with E-state index in [1.807, 2.05) is 37.4 Å².